The number of carbonyl (C=O) groups excluding carboxylic acids is 1. The zero-order chi connectivity index (χ0) is 16.8. The van der Waals surface area contributed by atoms with Gasteiger partial charge >= 0.3 is 0 Å². The molecule has 0 bridgehead atoms. The van der Waals surface area contributed by atoms with Crippen molar-refractivity contribution in [1.29, 1.82) is 0 Å². The van der Waals surface area contributed by atoms with Gasteiger partial charge in [-0.15, -0.1) is 0 Å². The van der Waals surface area contributed by atoms with Gasteiger partial charge in [-0.3, -0.25) is 4.79 Å². The molecule has 1 amide bonds. The molecule has 126 valence electrons. The Morgan fingerprint density at radius 2 is 2.21 bits per heavy atom. The molecule has 1 atom stereocenters. The highest BCUT2D eigenvalue weighted by Gasteiger charge is 2.25. The molecular weight excluding hydrogens is 306 g/mol. The predicted octanol–water partition coefficient (Wildman–Crippen LogP) is 2.23. The van der Waals surface area contributed by atoms with E-state index in [2.05, 4.69) is 9.97 Å². The van der Waals surface area contributed by atoms with Crippen LogP contribution in [0.3, 0.4) is 0 Å². The van der Waals surface area contributed by atoms with Crippen molar-refractivity contribution < 1.29 is 14.3 Å². The highest BCUT2D eigenvalue weighted by molar-refractivity contribution is 5.78. The predicted molar refractivity (Wildman–Crippen MR) is 88.9 cm³/mol. The maximum Gasteiger partial charge on any atom is 0.260 e. The van der Waals surface area contributed by atoms with Gasteiger partial charge in [-0.2, -0.15) is 0 Å². The lowest BCUT2D eigenvalue weighted by molar-refractivity contribution is -0.136. The summed E-state index contributed by atoms with van der Waals surface area (Å²) in [5, 5.41) is 0. The minimum Gasteiger partial charge on any atom is -0.484 e. The first-order chi connectivity index (χ1) is 11.7. The number of aromatic nitrogens is 2. The number of carbonyl (C=O) groups is 1. The summed E-state index contributed by atoms with van der Waals surface area (Å²) in [5.41, 5.74) is 1.02. The summed E-state index contributed by atoms with van der Waals surface area (Å²) in [4.78, 5) is 22.1. The third-order valence-corrected chi connectivity index (χ3v) is 4.02. The number of ether oxygens (including phenoxy) is 2. The average molecular weight is 327 g/mol. The molecule has 24 heavy (non-hydrogen) atoms. The molecule has 0 N–H and O–H groups in total. The highest BCUT2D eigenvalue weighted by Crippen LogP contribution is 2.18. The highest BCUT2D eigenvalue weighted by atomic mass is 16.5. The monoisotopic (exact) mass is 327 g/mol. The molecule has 2 aromatic rings. The molecule has 1 aromatic heterocycles. The van der Waals surface area contributed by atoms with Gasteiger partial charge in [0.2, 0.25) is 5.88 Å². The lowest BCUT2D eigenvalue weighted by Crippen LogP contribution is -2.46. The molecule has 1 aromatic carbocycles. The second-order valence-corrected chi connectivity index (χ2v) is 5.82. The van der Waals surface area contributed by atoms with Crippen LogP contribution in [0.15, 0.2) is 42.9 Å². The normalized spacial score (nSPS) is 17.4. The molecule has 1 aliphatic rings. The summed E-state index contributed by atoms with van der Waals surface area (Å²) in [6, 6.07) is 9.41. The van der Waals surface area contributed by atoms with Crippen LogP contribution in [-0.4, -0.2) is 46.6 Å². The summed E-state index contributed by atoms with van der Waals surface area (Å²) in [6.45, 7) is 3.30. The standard InChI is InChI=1S/C18H21N3O3/c1-14-5-2-3-7-16(14)23-12-18(22)21-10-4-6-15(11-21)24-17-8-9-19-13-20-17/h2-3,5,7-9,13,15H,4,6,10-12H2,1H3. The molecule has 1 fully saturated rings. The zero-order valence-electron chi connectivity index (χ0n) is 13.7. The van der Waals surface area contributed by atoms with Gasteiger partial charge in [-0.25, -0.2) is 9.97 Å². The maximum absolute atomic E-state index is 12.4. The summed E-state index contributed by atoms with van der Waals surface area (Å²) in [7, 11) is 0. The first-order valence-corrected chi connectivity index (χ1v) is 8.11. The Hall–Kier alpha value is -2.63. The van der Waals surface area contributed by atoms with Crippen LogP contribution in [-0.2, 0) is 4.79 Å². The first-order valence-electron chi connectivity index (χ1n) is 8.11. The topological polar surface area (TPSA) is 64.5 Å². The van der Waals surface area contributed by atoms with Gasteiger partial charge < -0.3 is 14.4 Å². The van der Waals surface area contributed by atoms with Crippen molar-refractivity contribution in [2.45, 2.75) is 25.9 Å². The third-order valence-electron chi connectivity index (χ3n) is 4.02. The van der Waals surface area contributed by atoms with Crippen molar-refractivity contribution >= 4 is 5.91 Å². The van der Waals surface area contributed by atoms with Crippen molar-refractivity contribution in [3.05, 3.63) is 48.4 Å². The minimum atomic E-state index is -0.0453. The smallest absolute Gasteiger partial charge is 0.260 e. The number of hydrogen-bond donors (Lipinski definition) is 0. The van der Waals surface area contributed by atoms with Crippen LogP contribution in [0.25, 0.3) is 0 Å². The molecule has 6 heteroatoms. The van der Waals surface area contributed by atoms with E-state index in [-0.39, 0.29) is 18.6 Å². The van der Waals surface area contributed by atoms with Crippen LogP contribution in [0, 0.1) is 6.92 Å². The lowest BCUT2D eigenvalue weighted by Gasteiger charge is -2.32. The number of aryl methyl sites for hydroxylation is 1. The molecule has 6 nitrogen and oxygen atoms in total. The van der Waals surface area contributed by atoms with Gasteiger partial charge in [-0.1, -0.05) is 18.2 Å². The van der Waals surface area contributed by atoms with Crippen LogP contribution in [0.2, 0.25) is 0 Å². The lowest BCUT2D eigenvalue weighted by atomic mass is 10.1. The molecule has 3 rings (SSSR count). The van der Waals surface area contributed by atoms with Gasteiger partial charge in [0.1, 0.15) is 18.2 Å². The number of nitrogens with zero attached hydrogens (tertiary/aromatic N) is 3. The van der Waals surface area contributed by atoms with Gasteiger partial charge in [0.25, 0.3) is 5.91 Å². The van der Waals surface area contributed by atoms with E-state index in [1.807, 2.05) is 31.2 Å². The van der Waals surface area contributed by atoms with Crippen molar-refractivity contribution in [3.8, 4) is 11.6 Å². The summed E-state index contributed by atoms with van der Waals surface area (Å²) >= 11 is 0. The number of rotatable bonds is 5. The molecule has 1 saturated heterocycles. The van der Waals surface area contributed by atoms with Gasteiger partial charge in [0.05, 0.1) is 6.54 Å². The Kier molecular flexibility index (Phi) is 5.25. The molecule has 0 saturated carbocycles. The molecule has 0 spiro atoms. The number of hydrogen-bond acceptors (Lipinski definition) is 5. The quantitative estimate of drug-likeness (QED) is 0.842. The SMILES string of the molecule is Cc1ccccc1OCC(=O)N1CCCC(Oc2ccncn2)C1. The van der Waals surface area contributed by atoms with E-state index >= 15 is 0 Å². The Labute approximate surface area is 141 Å². The Bertz CT molecular complexity index is 678. The van der Waals surface area contributed by atoms with E-state index in [1.54, 1.807) is 17.2 Å². The Morgan fingerprint density at radius 3 is 3.00 bits per heavy atom. The van der Waals surface area contributed by atoms with Gasteiger partial charge in [0.15, 0.2) is 6.61 Å². The van der Waals surface area contributed by atoms with Crippen LogP contribution < -0.4 is 9.47 Å². The molecule has 2 heterocycles. The number of amides is 1. The maximum atomic E-state index is 12.4. The first kappa shape index (κ1) is 16.2. The average Bonchev–Trinajstić information content (AvgIpc) is 2.62. The summed E-state index contributed by atoms with van der Waals surface area (Å²) in [6.07, 6.45) is 4.87. The van der Waals surface area contributed by atoms with Crippen LogP contribution >= 0.6 is 0 Å². The second-order valence-electron chi connectivity index (χ2n) is 5.82. The van der Waals surface area contributed by atoms with Gasteiger partial charge in [0, 0.05) is 18.8 Å². The van der Waals surface area contributed by atoms with E-state index in [4.69, 9.17) is 9.47 Å². The third kappa shape index (κ3) is 4.22. The van der Waals surface area contributed by atoms with E-state index in [0.717, 1.165) is 30.7 Å². The van der Waals surface area contributed by atoms with E-state index < -0.39 is 0 Å². The molecule has 0 radical (unpaired) electrons. The summed E-state index contributed by atoms with van der Waals surface area (Å²) < 4.78 is 11.5. The number of benzene rings is 1. The van der Waals surface area contributed by atoms with Crippen LogP contribution in [0.1, 0.15) is 18.4 Å². The second kappa shape index (κ2) is 7.77. The minimum absolute atomic E-state index is 0.0192. The molecular formula is C18H21N3O3. The summed E-state index contributed by atoms with van der Waals surface area (Å²) in [5.74, 6) is 1.27. The fourth-order valence-electron chi connectivity index (χ4n) is 2.73. The van der Waals surface area contributed by atoms with Crippen LogP contribution in [0.5, 0.6) is 11.6 Å². The zero-order valence-corrected chi connectivity index (χ0v) is 13.7. The molecule has 1 aliphatic heterocycles. The fourth-order valence-corrected chi connectivity index (χ4v) is 2.73. The fraction of sp³-hybridized carbons (Fsp3) is 0.389. The molecule has 1 unspecified atom stereocenters. The van der Waals surface area contributed by atoms with Crippen molar-refractivity contribution in [1.82, 2.24) is 14.9 Å². The molecule has 0 aliphatic carbocycles. The van der Waals surface area contributed by atoms with E-state index in [9.17, 15) is 4.79 Å². The van der Waals surface area contributed by atoms with Crippen molar-refractivity contribution in [2.75, 3.05) is 19.7 Å². The van der Waals surface area contributed by atoms with E-state index in [0.29, 0.717) is 12.4 Å². The van der Waals surface area contributed by atoms with Crippen LogP contribution in [0.4, 0.5) is 0 Å². The Balaban J connectivity index is 1.52. The Morgan fingerprint density at radius 1 is 1.33 bits per heavy atom. The number of likely N-dealkylation sites (tertiary alicyclic amines) is 1. The number of piperidine rings is 1. The van der Waals surface area contributed by atoms with E-state index in [1.165, 1.54) is 6.33 Å². The van der Waals surface area contributed by atoms with Crippen molar-refractivity contribution in [2.24, 2.45) is 0 Å². The van der Waals surface area contributed by atoms with Gasteiger partial charge in [-0.05, 0) is 31.4 Å². The van der Waals surface area contributed by atoms with Crippen molar-refractivity contribution in [3.63, 3.8) is 0 Å². The number of para-hydroxylation sites is 1. The largest absolute Gasteiger partial charge is 0.484 e.